The highest BCUT2D eigenvalue weighted by molar-refractivity contribution is 9.10. The third-order valence-corrected chi connectivity index (χ3v) is 2.80. The van der Waals surface area contributed by atoms with Crippen LogP contribution in [0.3, 0.4) is 0 Å². The van der Waals surface area contributed by atoms with Crippen LogP contribution in [0.2, 0.25) is 0 Å². The first kappa shape index (κ1) is 13.9. The van der Waals surface area contributed by atoms with E-state index in [4.69, 9.17) is 10.5 Å². The molecule has 0 aliphatic rings. The molecular weight excluding hydrogens is 291 g/mol. The minimum Gasteiger partial charge on any atom is -0.396 e. The van der Waals surface area contributed by atoms with E-state index in [-0.39, 0.29) is 11.6 Å². The molecule has 3 N–H and O–H groups in total. The number of rotatable bonds is 5. The molecule has 1 amide bonds. The van der Waals surface area contributed by atoms with Crippen molar-refractivity contribution in [2.45, 2.75) is 6.42 Å². The molecule has 0 heterocycles. The maximum absolute atomic E-state index is 13.1. The molecule has 0 bridgehead atoms. The summed E-state index contributed by atoms with van der Waals surface area (Å²) in [7, 11) is 1.60. The first-order valence-corrected chi connectivity index (χ1v) is 5.87. The summed E-state index contributed by atoms with van der Waals surface area (Å²) >= 11 is 3.12. The molecule has 0 atom stereocenters. The van der Waals surface area contributed by atoms with Crippen molar-refractivity contribution >= 4 is 27.5 Å². The van der Waals surface area contributed by atoms with Gasteiger partial charge in [0.15, 0.2) is 0 Å². The van der Waals surface area contributed by atoms with Crippen LogP contribution in [0.1, 0.15) is 16.8 Å². The zero-order chi connectivity index (χ0) is 12.8. The number of carbonyl (C=O) groups is 1. The normalized spacial score (nSPS) is 10.3. The predicted octanol–water partition coefficient (Wildman–Crippen LogP) is 1.94. The quantitative estimate of drug-likeness (QED) is 0.645. The second kappa shape index (κ2) is 6.56. The van der Waals surface area contributed by atoms with Gasteiger partial charge in [0.05, 0.1) is 11.3 Å². The Bertz CT molecular complexity index is 413. The van der Waals surface area contributed by atoms with Crippen LogP contribution < -0.4 is 11.1 Å². The third-order valence-electron chi connectivity index (χ3n) is 2.14. The van der Waals surface area contributed by atoms with Gasteiger partial charge in [0, 0.05) is 24.7 Å². The molecule has 0 aliphatic carbocycles. The number of nitrogen functional groups attached to an aromatic ring is 1. The van der Waals surface area contributed by atoms with Crippen LogP contribution in [0.15, 0.2) is 16.6 Å². The van der Waals surface area contributed by atoms with E-state index >= 15 is 0 Å². The standard InChI is InChI=1S/C11H14BrFN2O2/c1-17-4-2-3-15-11(16)7-5-10(14)9(13)6-8(7)12/h5-6H,2-4,14H2,1H3,(H,15,16). The lowest BCUT2D eigenvalue weighted by molar-refractivity contribution is 0.0948. The number of nitrogens with two attached hydrogens (primary N) is 1. The highest BCUT2D eigenvalue weighted by Gasteiger charge is 2.12. The summed E-state index contributed by atoms with van der Waals surface area (Å²) in [5.74, 6) is -0.840. The van der Waals surface area contributed by atoms with E-state index in [0.29, 0.717) is 23.2 Å². The minimum absolute atomic E-state index is 0.0461. The molecular formula is C11H14BrFN2O2. The van der Waals surface area contributed by atoms with Crippen LogP contribution in [0.25, 0.3) is 0 Å². The number of hydrogen-bond donors (Lipinski definition) is 2. The van der Waals surface area contributed by atoms with Crippen LogP contribution >= 0.6 is 15.9 Å². The summed E-state index contributed by atoms with van der Waals surface area (Å²) in [4.78, 5) is 11.7. The zero-order valence-corrected chi connectivity index (χ0v) is 11.0. The second-order valence-corrected chi connectivity index (χ2v) is 4.31. The van der Waals surface area contributed by atoms with Gasteiger partial charge in [-0.2, -0.15) is 0 Å². The van der Waals surface area contributed by atoms with Crippen LogP contribution in [0.4, 0.5) is 10.1 Å². The number of hydrogen-bond acceptors (Lipinski definition) is 3. The fourth-order valence-electron chi connectivity index (χ4n) is 1.25. The van der Waals surface area contributed by atoms with Gasteiger partial charge in [-0.3, -0.25) is 4.79 Å². The van der Waals surface area contributed by atoms with E-state index in [2.05, 4.69) is 21.2 Å². The van der Waals surface area contributed by atoms with E-state index in [1.165, 1.54) is 12.1 Å². The van der Waals surface area contributed by atoms with Gasteiger partial charge in [0.25, 0.3) is 5.91 Å². The maximum atomic E-state index is 13.1. The summed E-state index contributed by atoms with van der Waals surface area (Å²) in [5.41, 5.74) is 5.68. The highest BCUT2D eigenvalue weighted by Crippen LogP contribution is 2.22. The molecule has 0 aromatic heterocycles. The Hall–Kier alpha value is -1.14. The van der Waals surface area contributed by atoms with E-state index < -0.39 is 5.82 Å². The average Bonchev–Trinajstić information content (AvgIpc) is 2.29. The van der Waals surface area contributed by atoms with E-state index in [9.17, 15) is 9.18 Å². The molecule has 1 rings (SSSR count). The number of carbonyl (C=O) groups excluding carboxylic acids is 1. The molecule has 94 valence electrons. The largest absolute Gasteiger partial charge is 0.396 e. The number of anilines is 1. The Labute approximate surface area is 107 Å². The third kappa shape index (κ3) is 3.98. The molecule has 17 heavy (non-hydrogen) atoms. The van der Waals surface area contributed by atoms with Crippen LogP contribution in [0, 0.1) is 5.82 Å². The monoisotopic (exact) mass is 304 g/mol. The van der Waals surface area contributed by atoms with Crippen molar-refractivity contribution in [3.05, 3.63) is 28.0 Å². The van der Waals surface area contributed by atoms with Gasteiger partial charge in [-0.1, -0.05) is 0 Å². The molecule has 0 fully saturated rings. The Morgan fingerprint density at radius 3 is 2.94 bits per heavy atom. The van der Waals surface area contributed by atoms with Gasteiger partial charge in [-0.25, -0.2) is 4.39 Å². The Morgan fingerprint density at radius 2 is 2.29 bits per heavy atom. The van der Waals surface area contributed by atoms with Gasteiger partial charge in [0.2, 0.25) is 0 Å². The van der Waals surface area contributed by atoms with Crippen molar-refractivity contribution in [1.82, 2.24) is 5.32 Å². The fourth-order valence-corrected chi connectivity index (χ4v) is 1.75. The van der Waals surface area contributed by atoms with Gasteiger partial charge >= 0.3 is 0 Å². The molecule has 0 saturated heterocycles. The molecule has 0 aliphatic heterocycles. The molecule has 0 saturated carbocycles. The number of halogens is 2. The summed E-state index contributed by atoms with van der Waals surface area (Å²) in [6, 6.07) is 2.49. The molecule has 4 nitrogen and oxygen atoms in total. The first-order chi connectivity index (χ1) is 8.06. The summed E-state index contributed by atoms with van der Waals surface area (Å²) in [6.45, 7) is 1.07. The van der Waals surface area contributed by atoms with Crippen LogP contribution in [-0.2, 0) is 4.74 Å². The van der Waals surface area contributed by atoms with Crippen LogP contribution in [0.5, 0.6) is 0 Å². The van der Waals surface area contributed by atoms with Gasteiger partial charge in [-0.05, 0) is 34.5 Å². The number of nitrogens with one attached hydrogen (secondary N) is 1. The SMILES string of the molecule is COCCCNC(=O)c1cc(N)c(F)cc1Br. The Balaban J connectivity index is 2.66. The zero-order valence-electron chi connectivity index (χ0n) is 9.43. The second-order valence-electron chi connectivity index (χ2n) is 3.46. The van der Waals surface area contributed by atoms with Crippen molar-refractivity contribution in [3.8, 4) is 0 Å². The van der Waals surface area contributed by atoms with Gasteiger partial charge < -0.3 is 15.8 Å². The van der Waals surface area contributed by atoms with Crippen molar-refractivity contribution in [2.24, 2.45) is 0 Å². The first-order valence-electron chi connectivity index (χ1n) is 5.08. The summed E-state index contributed by atoms with van der Waals surface area (Å²) in [5, 5.41) is 2.69. The topological polar surface area (TPSA) is 64.3 Å². The van der Waals surface area contributed by atoms with Crippen molar-refractivity contribution < 1.29 is 13.9 Å². The van der Waals surface area contributed by atoms with E-state index in [1.54, 1.807) is 7.11 Å². The Morgan fingerprint density at radius 1 is 1.59 bits per heavy atom. The van der Waals surface area contributed by atoms with Crippen molar-refractivity contribution in [1.29, 1.82) is 0 Å². The van der Waals surface area contributed by atoms with Crippen LogP contribution in [-0.4, -0.2) is 26.2 Å². The van der Waals surface area contributed by atoms with Crippen molar-refractivity contribution in [3.63, 3.8) is 0 Å². The fraction of sp³-hybridized carbons (Fsp3) is 0.364. The molecule has 6 heteroatoms. The summed E-state index contributed by atoms with van der Waals surface area (Å²) < 4.78 is 18.3. The summed E-state index contributed by atoms with van der Waals surface area (Å²) in [6.07, 6.45) is 0.719. The molecule has 0 radical (unpaired) electrons. The number of methoxy groups -OCH3 is 1. The van der Waals surface area contributed by atoms with Gasteiger partial charge in [-0.15, -0.1) is 0 Å². The number of ether oxygens (including phenoxy) is 1. The predicted molar refractivity (Wildman–Crippen MR) is 67.3 cm³/mol. The maximum Gasteiger partial charge on any atom is 0.252 e. The number of amides is 1. The average molecular weight is 305 g/mol. The Kier molecular flexibility index (Phi) is 5.37. The lowest BCUT2D eigenvalue weighted by Gasteiger charge is -2.08. The molecule has 0 spiro atoms. The lowest BCUT2D eigenvalue weighted by Crippen LogP contribution is -2.25. The molecule has 1 aromatic carbocycles. The molecule has 1 aromatic rings. The van der Waals surface area contributed by atoms with E-state index in [1.807, 2.05) is 0 Å². The minimum atomic E-state index is -0.548. The lowest BCUT2D eigenvalue weighted by atomic mass is 10.2. The molecule has 0 unspecified atom stereocenters. The number of benzene rings is 1. The van der Waals surface area contributed by atoms with E-state index in [0.717, 1.165) is 6.42 Å². The van der Waals surface area contributed by atoms with Gasteiger partial charge in [0.1, 0.15) is 5.82 Å². The van der Waals surface area contributed by atoms with Crippen molar-refractivity contribution in [2.75, 3.05) is 26.0 Å². The smallest absolute Gasteiger partial charge is 0.252 e. The highest BCUT2D eigenvalue weighted by atomic mass is 79.9.